The molecule has 0 saturated heterocycles. The van der Waals surface area contributed by atoms with E-state index in [1.165, 1.54) is 0 Å². The SMILES string of the molecule is CC(Nc1cccc(NC(=O)C2CC2)c1)c1ccnn1C. The Bertz CT molecular complexity index is 645. The molecule has 1 unspecified atom stereocenters. The normalized spacial score (nSPS) is 15.5. The van der Waals surface area contributed by atoms with Crippen molar-refractivity contribution in [2.75, 3.05) is 10.6 Å². The van der Waals surface area contributed by atoms with Crippen molar-refractivity contribution < 1.29 is 4.79 Å². The highest BCUT2D eigenvalue weighted by Gasteiger charge is 2.29. The molecule has 2 aromatic rings. The molecule has 1 amide bonds. The van der Waals surface area contributed by atoms with Gasteiger partial charge in [-0.15, -0.1) is 0 Å². The highest BCUT2D eigenvalue weighted by Crippen LogP contribution is 2.30. The molecule has 0 bridgehead atoms. The van der Waals surface area contributed by atoms with E-state index in [0.717, 1.165) is 29.9 Å². The summed E-state index contributed by atoms with van der Waals surface area (Å²) in [6.07, 6.45) is 3.82. The Labute approximate surface area is 124 Å². The summed E-state index contributed by atoms with van der Waals surface area (Å²) in [6.45, 7) is 2.09. The highest BCUT2D eigenvalue weighted by atomic mass is 16.2. The van der Waals surface area contributed by atoms with Crippen molar-refractivity contribution in [1.82, 2.24) is 9.78 Å². The van der Waals surface area contributed by atoms with E-state index >= 15 is 0 Å². The molecule has 1 aliphatic rings. The molecule has 0 aliphatic heterocycles. The molecule has 21 heavy (non-hydrogen) atoms. The van der Waals surface area contributed by atoms with E-state index in [2.05, 4.69) is 22.7 Å². The van der Waals surface area contributed by atoms with Crippen LogP contribution in [0.5, 0.6) is 0 Å². The Morgan fingerprint density at radius 2 is 2.10 bits per heavy atom. The molecule has 5 heteroatoms. The zero-order valence-electron chi connectivity index (χ0n) is 12.3. The summed E-state index contributed by atoms with van der Waals surface area (Å²) in [5.41, 5.74) is 2.94. The Morgan fingerprint density at radius 3 is 2.76 bits per heavy atom. The first kappa shape index (κ1) is 13.7. The lowest BCUT2D eigenvalue weighted by Crippen LogP contribution is -2.14. The maximum absolute atomic E-state index is 11.8. The lowest BCUT2D eigenvalue weighted by molar-refractivity contribution is -0.117. The Hall–Kier alpha value is -2.30. The number of hydrogen-bond donors (Lipinski definition) is 2. The van der Waals surface area contributed by atoms with Gasteiger partial charge < -0.3 is 10.6 Å². The van der Waals surface area contributed by atoms with Gasteiger partial charge in [-0.3, -0.25) is 9.48 Å². The maximum Gasteiger partial charge on any atom is 0.227 e. The molecule has 2 N–H and O–H groups in total. The van der Waals surface area contributed by atoms with Crippen LogP contribution < -0.4 is 10.6 Å². The number of amides is 1. The monoisotopic (exact) mass is 284 g/mol. The number of hydrogen-bond acceptors (Lipinski definition) is 3. The molecular formula is C16H20N4O. The van der Waals surface area contributed by atoms with E-state index in [9.17, 15) is 4.79 Å². The van der Waals surface area contributed by atoms with Crippen molar-refractivity contribution >= 4 is 17.3 Å². The molecule has 5 nitrogen and oxygen atoms in total. The standard InChI is InChI=1S/C16H20N4O/c1-11(15-8-9-17-20(15)2)18-13-4-3-5-14(10-13)19-16(21)12-6-7-12/h3-5,8-12,18H,6-7H2,1-2H3,(H,19,21). The number of nitrogens with one attached hydrogen (secondary N) is 2. The van der Waals surface area contributed by atoms with Crippen LogP contribution in [0.2, 0.25) is 0 Å². The van der Waals surface area contributed by atoms with Crippen LogP contribution in [0.3, 0.4) is 0 Å². The Kier molecular flexibility index (Phi) is 3.64. The molecule has 1 aliphatic carbocycles. The van der Waals surface area contributed by atoms with Crippen LogP contribution in [0.15, 0.2) is 36.5 Å². The van der Waals surface area contributed by atoms with Crippen LogP contribution in [0.1, 0.15) is 31.5 Å². The highest BCUT2D eigenvalue weighted by molar-refractivity contribution is 5.94. The smallest absolute Gasteiger partial charge is 0.227 e. The van der Waals surface area contributed by atoms with Gasteiger partial charge in [0, 0.05) is 30.5 Å². The second kappa shape index (κ2) is 5.60. The number of carbonyl (C=O) groups excluding carboxylic acids is 1. The fourth-order valence-electron chi connectivity index (χ4n) is 2.41. The van der Waals surface area contributed by atoms with Crippen molar-refractivity contribution in [3.05, 3.63) is 42.2 Å². The molecule has 1 aromatic carbocycles. The number of carbonyl (C=O) groups is 1. The third kappa shape index (κ3) is 3.24. The fourth-order valence-corrected chi connectivity index (χ4v) is 2.41. The average molecular weight is 284 g/mol. The first-order valence-corrected chi connectivity index (χ1v) is 7.29. The summed E-state index contributed by atoms with van der Waals surface area (Å²) >= 11 is 0. The lowest BCUT2D eigenvalue weighted by atomic mass is 10.2. The predicted molar refractivity (Wildman–Crippen MR) is 83.0 cm³/mol. The molecule has 0 spiro atoms. The Morgan fingerprint density at radius 1 is 1.33 bits per heavy atom. The van der Waals surface area contributed by atoms with Crippen molar-refractivity contribution in [1.29, 1.82) is 0 Å². The van der Waals surface area contributed by atoms with Crippen LogP contribution in [0.4, 0.5) is 11.4 Å². The van der Waals surface area contributed by atoms with E-state index in [-0.39, 0.29) is 17.9 Å². The number of benzene rings is 1. The van der Waals surface area contributed by atoms with E-state index in [4.69, 9.17) is 0 Å². The van der Waals surface area contributed by atoms with E-state index in [1.54, 1.807) is 6.20 Å². The first-order chi connectivity index (χ1) is 10.1. The topological polar surface area (TPSA) is 58.9 Å². The lowest BCUT2D eigenvalue weighted by Gasteiger charge is -2.16. The number of aryl methyl sites for hydroxylation is 1. The minimum Gasteiger partial charge on any atom is -0.377 e. The molecule has 0 radical (unpaired) electrons. The van der Waals surface area contributed by atoms with Gasteiger partial charge in [0.25, 0.3) is 0 Å². The fraction of sp³-hybridized carbons (Fsp3) is 0.375. The third-order valence-electron chi connectivity index (χ3n) is 3.76. The predicted octanol–water partition coefficient (Wildman–Crippen LogP) is 2.94. The number of nitrogens with zero attached hydrogens (tertiary/aromatic N) is 2. The zero-order chi connectivity index (χ0) is 14.8. The quantitative estimate of drug-likeness (QED) is 0.887. The van der Waals surface area contributed by atoms with Gasteiger partial charge >= 0.3 is 0 Å². The summed E-state index contributed by atoms with van der Waals surface area (Å²) in [5.74, 6) is 0.349. The van der Waals surface area contributed by atoms with Crippen LogP contribution in [-0.4, -0.2) is 15.7 Å². The summed E-state index contributed by atoms with van der Waals surface area (Å²) in [4.78, 5) is 11.8. The molecule has 1 saturated carbocycles. The van der Waals surface area contributed by atoms with Crippen LogP contribution in [0, 0.1) is 5.92 Å². The Balaban J connectivity index is 1.68. The van der Waals surface area contributed by atoms with Crippen LogP contribution in [-0.2, 0) is 11.8 Å². The van der Waals surface area contributed by atoms with Gasteiger partial charge in [-0.05, 0) is 44.0 Å². The van der Waals surface area contributed by atoms with Gasteiger partial charge in [0.2, 0.25) is 5.91 Å². The van der Waals surface area contributed by atoms with Crippen LogP contribution in [0.25, 0.3) is 0 Å². The summed E-state index contributed by atoms with van der Waals surface area (Å²) in [6, 6.07) is 9.97. The summed E-state index contributed by atoms with van der Waals surface area (Å²) in [5, 5.41) is 10.6. The van der Waals surface area contributed by atoms with Crippen molar-refractivity contribution in [3.63, 3.8) is 0 Å². The second-order valence-electron chi connectivity index (χ2n) is 5.59. The number of rotatable bonds is 5. The number of aromatic nitrogens is 2. The van der Waals surface area contributed by atoms with Gasteiger partial charge in [-0.1, -0.05) is 6.07 Å². The molecule has 110 valence electrons. The third-order valence-corrected chi connectivity index (χ3v) is 3.76. The van der Waals surface area contributed by atoms with Gasteiger partial charge in [0.15, 0.2) is 0 Å². The van der Waals surface area contributed by atoms with E-state index in [1.807, 2.05) is 42.1 Å². The minimum atomic E-state index is 0.131. The van der Waals surface area contributed by atoms with Gasteiger partial charge in [0.1, 0.15) is 0 Å². The molecule has 1 atom stereocenters. The second-order valence-corrected chi connectivity index (χ2v) is 5.59. The minimum absolute atomic E-state index is 0.131. The molecule has 1 fully saturated rings. The van der Waals surface area contributed by atoms with Gasteiger partial charge in [-0.25, -0.2) is 0 Å². The van der Waals surface area contributed by atoms with Crippen molar-refractivity contribution in [2.24, 2.45) is 13.0 Å². The molecular weight excluding hydrogens is 264 g/mol. The largest absolute Gasteiger partial charge is 0.377 e. The molecule has 1 aromatic heterocycles. The molecule has 1 heterocycles. The van der Waals surface area contributed by atoms with Crippen LogP contribution >= 0.6 is 0 Å². The first-order valence-electron chi connectivity index (χ1n) is 7.29. The maximum atomic E-state index is 11.8. The van der Waals surface area contributed by atoms with E-state index in [0.29, 0.717) is 0 Å². The van der Waals surface area contributed by atoms with Crippen molar-refractivity contribution in [3.8, 4) is 0 Å². The number of anilines is 2. The van der Waals surface area contributed by atoms with E-state index < -0.39 is 0 Å². The average Bonchev–Trinajstić information content (AvgIpc) is 3.21. The summed E-state index contributed by atoms with van der Waals surface area (Å²) < 4.78 is 1.86. The van der Waals surface area contributed by atoms with Gasteiger partial charge in [0.05, 0.1) is 11.7 Å². The van der Waals surface area contributed by atoms with Crippen molar-refractivity contribution in [2.45, 2.75) is 25.8 Å². The van der Waals surface area contributed by atoms with Gasteiger partial charge in [-0.2, -0.15) is 5.10 Å². The molecule has 3 rings (SSSR count). The zero-order valence-corrected chi connectivity index (χ0v) is 12.3. The summed E-state index contributed by atoms with van der Waals surface area (Å²) in [7, 11) is 1.93.